The molecule has 1 rings (SSSR count). The topological polar surface area (TPSA) is 100 Å². The fourth-order valence-electron chi connectivity index (χ4n) is 1.58. The maximum atomic E-state index is 11.5. The smallest absolute Gasteiger partial charge is 0.350 e. The molecule has 0 radical (unpaired) electrons. The average Bonchev–Trinajstić information content (AvgIpc) is 2.48. The Hall–Kier alpha value is -3.01. The van der Waals surface area contributed by atoms with Gasteiger partial charge in [0.15, 0.2) is 5.57 Å². The molecular weight excluding hydrogens is 286 g/mol. The number of methoxy groups -OCH3 is 1. The van der Waals surface area contributed by atoms with Gasteiger partial charge in [-0.3, -0.25) is 4.79 Å². The zero-order valence-corrected chi connectivity index (χ0v) is 12.6. The van der Waals surface area contributed by atoms with E-state index in [9.17, 15) is 9.59 Å². The summed E-state index contributed by atoms with van der Waals surface area (Å²) in [6.45, 7) is 3.25. The third-order valence-electron chi connectivity index (χ3n) is 2.51. The van der Waals surface area contributed by atoms with E-state index in [0.29, 0.717) is 17.1 Å². The second-order valence-corrected chi connectivity index (χ2v) is 4.13. The van der Waals surface area contributed by atoms with Crippen LogP contribution in [0.4, 0.5) is 11.4 Å². The van der Waals surface area contributed by atoms with Crippen LogP contribution in [0.25, 0.3) is 0 Å². The summed E-state index contributed by atoms with van der Waals surface area (Å²) >= 11 is 0. The summed E-state index contributed by atoms with van der Waals surface area (Å²) in [5.74, 6) is -0.462. The van der Waals surface area contributed by atoms with Gasteiger partial charge in [0.2, 0.25) is 5.91 Å². The van der Waals surface area contributed by atoms with Crippen molar-refractivity contribution in [2.24, 2.45) is 0 Å². The molecule has 0 bridgehead atoms. The lowest BCUT2D eigenvalue weighted by Gasteiger charge is -2.11. The summed E-state index contributed by atoms with van der Waals surface area (Å²) < 4.78 is 9.92. The molecule has 0 aliphatic carbocycles. The quantitative estimate of drug-likeness (QED) is 0.474. The Balaban J connectivity index is 2.92. The lowest BCUT2D eigenvalue weighted by atomic mass is 10.2. The molecule has 0 heterocycles. The van der Waals surface area contributed by atoms with Crippen molar-refractivity contribution in [1.82, 2.24) is 0 Å². The van der Waals surface area contributed by atoms with Crippen LogP contribution in [-0.4, -0.2) is 25.6 Å². The van der Waals surface area contributed by atoms with E-state index in [-0.39, 0.29) is 18.1 Å². The van der Waals surface area contributed by atoms with Crippen molar-refractivity contribution in [2.45, 2.75) is 13.8 Å². The predicted octanol–water partition coefficient (Wildman–Crippen LogP) is 2.04. The second-order valence-electron chi connectivity index (χ2n) is 4.13. The number of amides is 1. The van der Waals surface area contributed by atoms with Gasteiger partial charge in [-0.15, -0.1) is 0 Å². The Kier molecular flexibility index (Phi) is 6.44. The number of carbonyl (C=O) groups is 2. The molecule has 0 spiro atoms. The molecule has 0 saturated heterocycles. The van der Waals surface area contributed by atoms with Crippen molar-refractivity contribution in [3.05, 3.63) is 30.0 Å². The molecule has 7 nitrogen and oxygen atoms in total. The maximum Gasteiger partial charge on any atom is 0.350 e. The van der Waals surface area contributed by atoms with Crippen LogP contribution in [-0.2, 0) is 14.3 Å². The molecule has 22 heavy (non-hydrogen) atoms. The zero-order chi connectivity index (χ0) is 16.5. The normalized spacial score (nSPS) is 10.4. The van der Waals surface area contributed by atoms with E-state index in [0.717, 1.165) is 0 Å². The van der Waals surface area contributed by atoms with Gasteiger partial charge in [0.05, 0.1) is 19.4 Å². The number of hydrogen-bond acceptors (Lipinski definition) is 6. The van der Waals surface area contributed by atoms with Gasteiger partial charge in [-0.1, -0.05) is 0 Å². The molecule has 0 aliphatic rings. The third kappa shape index (κ3) is 4.83. The Morgan fingerprint density at radius 3 is 2.68 bits per heavy atom. The molecule has 1 aromatic rings. The van der Waals surface area contributed by atoms with Crippen molar-refractivity contribution in [2.75, 3.05) is 24.4 Å². The molecule has 0 fully saturated rings. The van der Waals surface area contributed by atoms with Crippen LogP contribution in [0, 0.1) is 11.3 Å². The minimum absolute atomic E-state index is 0.147. The minimum Gasteiger partial charge on any atom is -0.494 e. The van der Waals surface area contributed by atoms with Gasteiger partial charge >= 0.3 is 5.97 Å². The Morgan fingerprint density at radius 2 is 2.14 bits per heavy atom. The summed E-state index contributed by atoms with van der Waals surface area (Å²) in [6, 6.07) is 6.70. The van der Waals surface area contributed by atoms with Crippen molar-refractivity contribution in [1.29, 1.82) is 5.26 Å². The first kappa shape index (κ1) is 17.0. The van der Waals surface area contributed by atoms with Crippen LogP contribution in [0.5, 0.6) is 5.75 Å². The van der Waals surface area contributed by atoms with E-state index in [4.69, 9.17) is 14.7 Å². The number of carbonyl (C=O) groups excluding carboxylic acids is 2. The minimum atomic E-state index is -0.695. The number of nitriles is 1. The van der Waals surface area contributed by atoms with E-state index in [1.165, 1.54) is 20.2 Å². The number of ether oxygens (including phenoxy) is 2. The van der Waals surface area contributed by atoms with Gasteiger partial charge < -0.3 is 20.1 Å². The fourth-order valence-corrected chi connectivity index (χ4v) is 1.58. The number of nitrogens with zero attached hydrogens (tertiary/aromatic N) is 1. The van der Waals surface area contributed by atoms with E-state index >= 15 is 0 Å². The Bertz CT molecular complexity index is 632. The number of nitrogens with one attached hydrogen (secondary N) is 2. The molecule has 2 N–H and O–H groups in total. The van der Waals surface area contributed by atoms with Gasteiger partial charge in [0.1, 0.15) is 11.8 Å². The Labute approximate surface area is 128 Å². The highest BCUT2D eigenvalue weighted by molar-refractivity contribution is 5.93. The van der Waals surface area contributed by atoms with Crippen LogP contribution in [0.15, 0.2) is 30.0 Å². The SMILES string of the molecule is CCOC(=O)/C(C#N)=C\Nc1ccc(NC(C)=O)c(OC)c1. The van der Waals surface area contributed by atoms with Gasteiger partial charge in [-0.25, -0.2) is 4.79 Å². The molecular formula is C15H17N3O4. The zero-order valence-electron chi connectivity index (χ0n) is 12.6. The molecule has 7 heteroatoms. The van der Waals surface area contributed by atoms with Gasteiger partial charge in [0.25, 0.3) is 0 Å². The largest absolute Gasteiger partial charge is 0.494 e. The number of benzene rings is 1. The first-order valence-electron chi connectivity index (χ1n) is 6.51. The summed E-state index contributed by atoms with van der Waals surface area (Å²) in [5.41, 5.74) is 0.963. The van der Waals surface area contributed by atoms with Crippen molar-refractivity contribution in [3.8, 4) is 11.8 Å². The third-order valence-corrected chi connectivity index (χ3v) is 2.51. The van der Waals surface area contributed by atoms with Crippen LogP contribution in [0.3, 0.4) is 0 Å². The molecule has 0 aliphatic heterocycles. The first-order chi connectivity index (χ1) is 10.5. The van der Waals surface area contributed by atoms with Crippen molar-refractivity contribution in [3.63, 3.8) is 0 Å². The monoisotopic (exact) mass is 303 g/mol. The lowest BCUT2D eigenvalue weighted by Crippen LogP contribution is -2.08. The maximum absolute atomic E-state index is 11.5. The van der Waals surface area contributed by atoms with Gasteiger partial charge in [-0.05, 0) is 19.1 Å². The van der Waals surface area contributed by atoms with Crippen LogP contribution >= 0.6 is 0 Å². The average molecular weight is 303 g/mol. The van der Waals surface area contributed by atoms with Crippen molar-refractivity contribution < 1.29 is 19.1 Å². The number of anilines is 2. The second kappa shape index (κ2) is 8.32. The van der Waals surface area contributed by atoms with Crippen LogP contribution in [0.2, 0.25) is 0 Å². The highest BCUT2D eigenvalue weighted by Gasteiger charge is 2.10. The van der Waals surface area contributed by atoms with E-state index < -0.39 is 5.97 Å². The van der Waals surface area contributed by atoms with Gasteiger partial charge in [0, 0.05) is 24.9 Å². The summed E-state index contributed by atoms with van der Waals surface area (Å²) in [6.07, 6.45) is 1.25. The molecule has 0 aromatic heterocycles. The molecule has 1 aromatic carbocycles. The molecule has 0 unspecified atom stereocenters. The summed E-state index contributed by atoms with van der Waals surface area (Å²) in [7, 11) is 1.47. The molecule has 116 valence electrons. The number of esters is 1. The van der Waals surface area contributed by atoms with E-state index in [1.807, 2.05) is 0 Å². The standard InChI is InChI=1S/C15H17N3O4/c1-4-22-15(20)11(8-16)9-17-12-5-6-13(18-10(2)19)14(7-12)21-3/h5-7,9,17H,4H2,1-3H3,(H,18,19)/b11-9-. The van der Waals surface area contributed by atoms with Gasteiger partial charge in [-0.2, -0.15) is 5.26 Å². The highest BCUT2D eigenvalue weighted by Crippen LogP contribution is 2.28. The summed E-state index contributed by atoms with van der Waals surface area (Å²) in [5, 5.41) is 14.4. The molecule has 0 saturated carbocycles. The molecule has 0 atom stereocenters. The summed E-state index contributed by atoms with van der Waals surface area (Å²) in [4.78, 5) is 22.5. The van der Waals surface area contributed by atoms with Crippen molar-refractivity contribution >= 4 is 23.3 Å². The first-order valence-corrected chi connectivity index (χ1v) is 6.51. The molecule has 1 amide bonds. The van der Waals surface area contributed by atoms with E-state index in [2.05, 4.69) is 10.6 Å². The number of hydrogen-bond donors (Lipinski definition) is 2. The number of rotatable bonds is 6. The van der Waals surface area contributed by atoms with Crippen LogP contribution < -0.4 is 15.4 Å². The lowest BCUT2D eigenvalue weighted by molar-refractivity contribution is -0.138. The van der Waals surface area contributed by atoms with E-state index in [1.54, 1.807) is 31.2 Å². The Morgan fingerprint density at radius 1 is 1.41 bits per heavy atom. The highest BCUT2D eigenvalue weighted by atomic mass is 16.5. The fraction of sp³-hybridized carbons (Fsp3) is 0.267. The van der Waals surface area contributed by atoms with Crippen LogP contribution in [0.1, 0.15) is 13.8 Å². The predicted molar refractivity (Wildman–Crippen MR) is 81.2 cm³/mol.